The van der Waals surface area contributed by atoms with Crippen molar-refractivity contribution in [2.45, 2.75) is 31.4 Å². The number of carbonyl (C=O) groups is 2. The zero-order valence-electron chi connectivity index (χ0n) is 16.6. The van der Waals surface area contributed by atoms with Crippen LogP contribution in [0.2, 0.25) is 0 Å². The number of nitrogens with one attached hydrogen (secondary N) is 2. The molecule has 0 aliphatic carbocycles. The molecule has 3 amide bonds. The molecule has 2 atom stereocenters. The van der Waals surface area contributed by atoms with Crippen molar-refractivity contribution in [3.8, 4) is 0 Å². The van der Waals surface area contributed by atoms with E-state index in [1.54, 1.807) is 4.90 Å². The molecule has 0 spiro atoms. The van der Waals surface area contributed by atoms with Gasteiger partial charge in [-0.15, -0.1) is 10.2 Å². The Morgan fingerprint density at radius 1 is 1.17 bits per heavy atom. The zero-order valence-corrected chi connectivity index (χ0v) is 17.4. The maximum atomic E-state index is 13.0. The lowest BCUT2D eigenvalue weighted by atomic mass is 10.1. The average molecular weight is 432 g/mol. The lowest BCUT2D eigenvalue weighted by Gasteiger charge is -2.29. The van der Waals surface area contributed by atoms with Crippen LogP contribution in [0.15, 0.2) is 30.3 Å². The number of hydrogen-bond donors (Lipinski definition) is 2. The average Bonchev–Trinajstić information content (AvgIpc) is 3.46. The molecule has 0 unspecified atom stereocenters. The van der Waals surface area contributed by atoms with E-state index in [-0.39, 0.29) is 18.0 Å². The van der Waals surface area contributed by atoms with E-state index in [9.17, 15) is 9.59 Å². The maximum absolute atomic E-state index is 13.0. The number of morpholine rings is 1. The van der Waals surface area contributed by atoms with Crippen molar-refractivity contribution >= 4 is 28.4 Å². The highest BCUT2D eigenvalue weighted by Crippen LogP contribution is 2.31. The third kappa shape index (κ3) is 5.32. The molecule has 1 aromatic heterocycles. The highest BCUT2D eigenvalue weighted by atomic mass is 32.1. The first-order valence-corrected chi connectivity index (χ1v) is 10.9. The highest BCUT2D eigenvalue weighted by molar-refractivity contribution is 7.15. The standard InChI is InChI=1S/C20H25N5O4S/c26-17(22-19-24-23-18(30-19)16-7-4-10-29-16)15(13-14-5-2-1-3-6-14)21-20(27)25-8-11-28-12-9-25/h1-3,5-6,15-16H,4,7-13H2,(H,21,27)(H,22,24,26)/t15-,16+/m0/s1. The van der Waals surface area contributed by atoms with Crippen LogP contribution in [-0.2, 0) is 20.7 Å². The van der Waals surface area contributed by atoms with Crippen molar-refractivity contribution in [1.29, 1.82) is 0 Å². The van der Waals surface area contributed by atoms with Gasteiger partial charge in [0.05, 0.1) is 13.2 Å². The smallest absolute Gasteiger partial charge is 0.318 e. The van der Waals surface area contributed by atoms with Gasteiger partial charge in [0, 0.05) is 26.1 Å². The van der Waals surface area contributed by atoms with Gasteiger partial charge in [0.15, 0.2) is 0 Å². The Balaban J connectivity index is 1.43. The molecule has 10 heteroatoms. The number of rotatable bonds is 6. The third-order valence-corrected chi connectivity index (χ3v) is 6.00. The van der Waals surface area contributed by atoms with Crippen LogP contribution in [0.3, 0.4) is 0 Å². The summed E-state index contributed by atoms with van der Waals surface area (Å²) in [6.45, 7) is 2.73. The molecule has 1 aromatic carbocycles. The van der Waals surface area contributed by atoms with Crippen molar-refractivity contribution in [2.24, 2.45) is 0 Å². The Bertz CT molecular complexity index is 850. The van der Waals surface area contributed by atoms with Crippen molar-refractivity contribution in [2.75, 3.05) is 38.2 Å². The number of urea groups is 1. The van der Waals surface area contributed by atoms with E-state index in [2.05, 4.69) is 20.8 Å². The van der Waals surface area contributed by atoms with Crippen molar-refractivity contribution in [3.05, 3.63) is 40.9 Å². The Kier molecular flexibility index (Phi) is 6.88. The quantitative estimate of drug-likeness (QED) is 0.725. The predicted octanol–water partition coefficient (Wildman–Crippen LogP) is 1.98. The lowest BCUT2D eigenvalue weighted by molar-refractivity contribution is -0.118. The van der Waals surface area contributed by atoms with Crippen LogP contribution in [0.1, 0.15) is 29.5 Å². The minimum absolute atomic E-state index is 0.0470. The molecule has 160 valence electrons. The van der Waals surface area contributed by atoms with E-state index in [1.165, 1.54) is 11.3 Å². The van der Waals surface area contributed by atoms with Gasteiger partial charge < -0.3 is 19.7 Å². The summed E-state index contributed by atoms with van der Waals surface area (Å²) in [4.78, 5) is 27.3. The van der Waals surface area contributed by atoms with Gasteiger partial charge in [0.1, 0.15) is 17.2 Å². The van der Waals surface area contributed by atoms with Gasteiger partial charge in [0.25, 0.3) is 0 Å². The summed E-state index contributed by atoms with van der Waals surface area (Å²) in [6, 6.07) is 8.59. The van der Waals surface area contributed by atoms with E-state index in [0.29, 0.717) is 37.9 Å². The molecule has 2 aliphatic heterocycles. The normalized spacial score (nSPS) is 20.0. The Morgan fingerprint density at radius 3 is 2.70 bits per heavy atom. The second kappa shape index (κ2) is 9.96. The molecule has 2 aliphatic rings. The number of carbonyl (C=O) groups excluding carboxylic acids is 2. The fourth-order valence-electron chi connectivity index (χ4n) is 3.45. The number of nitrogens with zero attached hydrogens (tertiary/aromatic N) is 3. The summed E-state index contributed by atoms with van der Waals surface area (Å²) in [5, 5.41) is 15.1. The first-order chi connectivity index (χ1) is 14.7. The van der Waals surface area contributed by atoms with E-state index in [1.807, 2.05) is 30.3 Å². The second-order valence-corrected chi connectivity index (χ2v) is 8.24. The Morgan fingerprint density at radius 2 is 1.97 bits per heavy atom. The van der Waals surface area contributed by atoms with E-state index in [0.717, 1.165) is 30.0 Å². The van der Waals surface area contributed by atoms with E-state index < -0.39 is 6.04 Å². The fourth-order valence-corrected chi connectivity index (χ4v) is 4.28. The molecule has 0 bridgehead atoms. The first-order valence-electron chi connectivity index (χ1n) is 10.1. The second-order valence-electron chi connectivity index (χ2n) is 7.23. The first kappa shape index (κ1) is 20.7. The summed E-state index contributed by atoms with van der Waals surface area (Å²) >= 11 is 1.31. The molecule has 0 radical (unpaired) electrons. The number of benzene rings is 1. The number of ether oxygens (including phenoxy) is 2. The monoisotopic (exact) mass is 431 g/mol. The van der Waals surface area contributed by atoms with Crippen LogP contribution < -0.4 is 10.6 Å². The third-order valence-electron chi connectivity index (χ3n) is 5.07. The molecule has 0 saturated carbocycles. The molecular formula is C20H25N5O4S. The summed E-state index contributed by atoms with van der Waals surface area (Å²) in [5.74, 6) is -0.324. The van der Waals surface area contributed by atoms with Gasteiger partial charge in [-0.3, -0.25) is 10.1 Å². The number of anilines is 1. The number of amides is 3. The topological polar surface area (TPSA) is 106 Å². The van der Waals surface area contributed by atoms with Crippen LogP contribution in [0.4, 0.5) is 9.93 Å². The van der Waals surface area contributed by atoms with Gasteiger partial charge in [0.2, 0.25) is 11.0 Å². The van der Waals surface area contributed by atoms with Crippen LogP contribution in [-0.4, -0.2) is 66.0 Å². The van der Waals surface area contributed by atoms with Crippen LogP contribution in [0.25, 0.3) is 0 Å². The van der Waals surface area contributed by atoms with Crippen molar-refractivity contribution < 1.29 is 19.1 Å². The summed E-state index contributed by atoms with van der Waals surface area (Å²) in [6.07, 6.45) is 2.24. The Hall–Kier alpha value is -2.56. The number of hydrogen-bond acceptors (Lipinski definition) is 7. The Labute approximate surface area is 178 Å². The van der Waals surface area contributed by atoms with E-state index in [4.69, 9.17) is 9.47 Å². The van der Waals surface area contributed by atoms with Gasteiger partial charge in [-0.05, 0) is 18.4 Å². The summed E-state index contributed by atoms with van der Waals surface area (Å²) in [7, 11) is 0. The lowest BCUT2D eigenvalue weighted by Crippen LogP contribution is -2.53. The SMILES string of the molecule is O=C(Nc1nnc([C@H]2CCCO2)s1)[C@H](Cc1ccccc1)NC(=O)N1CCOCC1. The van der Waals surface area contributed by atoms with Crippen LogP contribution in [0, 0.1) is 0 Å². The molecule has 4 rings (SSSR count). The maximum Gasteiger partial charge on any atom is 0.318 e. The highest BCUT2D eigenvalue weighted by Gasteiger charge is 2.27. The molecular weight excluding hydrogens is 406 g/mol. The number of aromatic nitrogens is 2. The molecule has 3 heterocycles. The summed E-state index contributed by atoms with van der Waals surface area (Å²) in [5.41, 5.74) is 0.956. The minimum Gasteiger partial charge on any atom is -0.378 e. The van der Waals surface area contributed by atoms with Gasteiger partial charge in [-0.1, -0.05) is 41.7 Å². The van der Waals surface area contributed by atoms with Crippen molar-refractivity contribution in [1.82, 2.24) is 20.4 Å². The molecule has 2 fully saturated rings. The summed E-state index contributed by atoms with van der Waals surface area (Å²) < 4.78 is 10.9. The minimum atomic E-state index is -0.738. The molecule has 30 heavy (non-hydrogen) atoms. The molecule has 2 saturated heterocycles. The molecule has 2 N–H and O–H groups in total. The van der Waals surface area contributed by atoms with E-state index >= 15 is 0 Å². The predicted molar refractivity (Wildman–Crippen MR) is 111 cm³/mol. The van der Waals surface area contributed by atoms with Gasteiger partial charge in [-0.25, -0.2) is 4.79 Å². The molecule has 9 nitrogen and oxygen atoms in total. The van der Waals surface area contributed by atoms with Gasteiger partial charge >= 0.3 is 6.03 Å². The largest absolute Gasteiger partial charge is 0.378 e. The fraction of sp³-hybridized carbons (Fsp3) is 0.500. The van der Waals surface area contributed by atoms with Crippen LogP contribution in [0.5, 0.6) is 0 Å². The van der Waals surface area contributed by atoms with Crippen LogP contribution >= 0.6 is 11.3 Å². The zero-order chi connectivity index (χ0) is 20.8. The van der Waals surface area contributed by atoms with Crippen molar-refractivity contribution in [3.63, 3.8) is 0 Å². The molecule has 2 aromatic rings. The van der Waals surface area contributed by atoms with Gasteiger partial charge in [-0.2, -0.15) is 0 Å².